The fraction of sp³-hybridized carbons (Fsp3) is 0.667. The number of hydrogen-bond donors (Lipinski definition) is 1. The Hall–Kier alpha value is -0.930. The first-order chi connectivity index (χ1) is 10.3. The molecule has 0 radical (unpaired) electrons. The molecule has 1 N–H and O–H groups in total. The Labute approximate surface area is 129 Å². The predicted molar refractivity (Wildman–Crippen MR) is 89.0 cm³/mol. The second kappa shape index (κ2) is 11.7. The van der Waals surface area contributed by atoms with Gasteiger partial charge >= 0.3 is 0 Å². The molecule has 1 rings (SSSR count). The standard InChI is InChI=1S/C18H31FN2/c1-3-5-13-21(14-6-4-2)15-7-12-20-16-17-8-10-18(19)11-9-17/h8-11,20H,3-7,12-16H2,1-2H3. The van der Waals surface area contributed by atoms with Gasteiger partial charge in [-0.3, -0.25) is 0 Å². The molecule has 0 aliphatic carbocycles. The minimum atomic E-state index is -0.166. The van der Waals surface area contributed by atoms with Crippen molar-refractivity contribution in [2.45, 2.75) is 52.5 Å². The average Bonchev–Trinajstić information content (AvgIpc) is 2.50. The number of unbranched alkanes of at least 4 members (excludes halogenated alkanes) is 2. The Morgan fingerprint density at radius 3 is 2.05 bits per heavy atom. The van der Waals surface area contributed by atoms with Gasteiger partial charge in [-0.25, -0.2) is 4.39 Å². The van der Waals surface area contributed by atoms with Gasteiger partial charge in [0.15, 0.2) is 0 Å². The quantitative estimate of drug-likeness (QED) is 0.581. The summed E-state index contributed by atoms with van der Waals surface area (Å²) < 4.78 is 12.8. The van der Waals surface area contributed by atoms with Crippen LogP contribution in [0.2, 0.25) is 0 Å². The fourth-order valence-electron chi connectivity index (χ4n) is 2.36. The third-order valence-corrected chi connectivity index (χ3v) is 3.73. The van der Waals surface area contributed by atoms with Gasteiger partial charge in [0.1, 0.15) is 5.82 Å². The van der Waals surface area contributed by atoms with Crippen molar-refractivity contribution in [2.24, 2.45) is 0 Å². The number of hydrogen-bond acceptors (Lipinski definition) is 2. The fourth-order valence-corrected chi connectivity index (χ4v) is 2.36. The number of rotatable bonds is 12. The first-order valence-corrected chi connectivity index (χ1v) is 8.43. The highest BCUT2D eigenvalue weighted by atomic mass is 19.1. The molecule has 3 heteroatoms. The SMILES string of the molecule is CCCCN(CCCC)CCCNCc1ccc(F)cc1. The maximum Gasteiger partial charge on any atom is 0.123 e. The summed E-state index contributed by atoms with van der Waals surface area (Å²) >= 11 is 0. The van der Waals surface area contributed by atoms with Crippen LogP contribution < -0.4 is 5.32 Å². The van der Waals surface area contributed by atoms with Gasteiger partial charge in [-0.15, -0.1) is 0 Å². The van der Waals surface area contributed by atoms with Crippen LogP contribution in [0.15, 0.2) is 24.3 Å². The Balaban J connectivity index is 2.13. The Morgan fingerprint density at radius 1 is 0.905 bits per heavy atom. The van der Waals surface area contributed by atoms with E-state index in [4.69, 9.17) is 0 Å². The van der Waals surface area contributed by atoms with Crippen LogP contribution in [0.5, 0.6) is 0 Å². The zero-order valence-electron chi connectivity index (χ0n) is 13.7. The van der Waals surface area contributed by atoms with Crippen molar-refractivity contribution in [3.63, 3.8) is 0 Å². The summed E-state index contributed by atoms with van der Waals surface area (Å²) in [6.45, 7) is 9.99. The van der Waals surface area contributed by atoms with E-state index in [9.17, 15) is 4.39 Å². The molecule has 0 fully saturated rings. The summed E-state index contributed by atoms with van der Waals surface area (Å²) in [6, 6.07) is 6.73. The lowest BCUT2D eigenvalue weighted by Crippen LogP contribution is -2.29. The zero-order chi connectivity index (χ0) is 15.3. The second-order valence-corrected chi connectivity index (χ2v) is 5.71. The molecule has 2 nitrogen and oxygen atoms in total. The molecule has 0 aliphatic rings. The molecule has 21 heavy (non-hydrogen) atoms. The topological polar surface area (TPSA) is 15.3 Å². The van der Waals surface area contributed by atoms with Crippen LogP contribution in [0.1, 0.15) is 51.5 Å². The third-order valence-electron chi connectivity index (χ3n) is 3.73. The van der Waals surface area contributed by atoms with Gasteiger partial charge in [0.05, 0.1) is 0 Å². The lowest BCUT2D eigenvalue weighted by atomic mass is 10.2. The van der Waals surface area contributed by atoms with E-state index in [2.05, 4.69) is 24.1 Å². The minimum Gasteiger partial charge on any atom is -0.313 e. The average molecular weight is 294 g/mol. The van der Waals surface area contributed by atoms with Gasteiger partial charge in [0, 0.05) is 6.54 Å². The summed E-state index contributed by atoms with van der Waals surface area (Å²) in [4.78, 5) is 2.59. The van der Waals surface area contributed by atoms with Gasteiger partial charge < -0.3 is 10.2 Å². The molecule has 0 atom stereocenters. The summed E-state index contributed by atoms with van der Waals surface area (Å²) in [5.41, 5.74) is 1.14. The molecule has 0 saturated heterocycles. The van der Waals surface area contributed by atoms with Crippen LogP contribution in [0.3, 0.4) is 0 Å². The highest BCUT2D eigenvalue weighted by molar-refractivity contribution is 5.15. The molecule has 0 aliphatic heterocycles. The molecular formula is C18H31FN2. The van der Waals surface area contributed by atoms with Gasteiger partial charge in [-0.1, -0.05) is 38.8 Å². The van der Waals surface area contributed by atoms with Crippen LogP contribution in [-0.4, -0.2) is 31.1 Å². The second-order valence-electron chi connectivity index (χ2n) is 5.71. The summed E-state index contributed by atoms with van der Waals surface area (Å²) in [6.07, 6.45) is 6.31. The van der Waals surface area contributed by atoms with Crippen molar-refractivity contribution < 1.29 is 4.39 Å². The normalized spacial score (nSPS) is 11.2. The lowest BCUT2D eigenvalue weighted by molar-refractivity contribution is 0.261. The highest BCUT2D eigenvalue weighted by Crippen LogP contribution is 2.03. The summed E-state index contributed by atoms with van der Waals surface area (Å²) in [5.74, 6) is -0.166. The van der Waals surface area contributed by atoms with Crippen LogP contribution >= 0.6 is 0 Å². The molecule has 120 valence electrons. The van der Waals surface area contributed by atoms with E-state index in [0.29, 0.717) is 0 Å². The van der Waals surface area contributed by atoms with Crippen molar-refractivity contribution in [3.05, 3.63) is 35.6 Å². The van der Waals surface area contributed by atoms with Gasteiger partial charge in [-0.05, 0) is 63.1 Å². The Kier molecular flexibility index (Phi) is 10.1. The van der Waals surface area contributed by atoms with Gasteiger partial charge in [0.2, 0.25) is 0 Å². The summed E-state index contributed by atoms with van der Waals surface area (Å²) in [5, 5.41) is 3.44. The molecule has 0 spiro atoms. The Bertz CT molecular complexity index is 343. The lowest BCUT2D eigenvalue weighted by Gasteiger charge is -2.21. The molecule has 0 unspecified atom stereocenters. The summed E-state index contributed by atoms with van der Waals surface area (Å²) in [7, 11) is 0. The zero-order valence-corrected chi connectivity index (χ0v) is 13.7. The highest BCUT2D eigenvalue weighted by Gasteiger charge is 2.03. The molecule has 0 amide bonds. The van der Waals surface area contributed by atoms with Crippen LogP contribution in [0, 0.1) is 5.82 Å². The number of nitrogens with one attached hydrogen (secondary N) is 1. The number of halogens is 1. The molecule has 1 aromatic carbocycles. The van der Waals surface area contributed by atoms with Crippen molar-refractivity contribution >= 4 is 0 Å². The van der Waals surface area contributed by atoms with E-state index < -0.39 is 0 Å². The molecule has 0 saturated carbocycles. The molecule has 0 bridgehead atoms. The smallest absolute Gasteiger partial charge is 0.123 e. The molecular weight excluding hydrogens is 263 g/mol. The Morgan fingerprint density at radius 2 is 1.48 bits per heavy atom. The molecule has 0 heterocycles. The minimum absolute atomic E-state index is 0.166. The van der Waals surface area contributed by atoms with Gasteiger partial charge in [-0.2, -0.15) is 0 Å². The van der Waals surface area contributed by atoms with Gasteiger partial charge in [0.25, 0.3) is 0 Å². The number of nitrogens with zero attached hydrogens (tertiary/aromatic N) is 1. The molecule has 1 aromatic rings. The van der Waals surface area contributed by atoms with E-state index in [1.807, 2.05) is 12.1 Å². The van der Waals surface area contributed by atoms with E-state index in [0.717, 1.165) is 18.7 Å². The maximum absolute atomic E-state index is 12.8. The monoisotopic (exact) mass is 294 g/mol. The van der Waals surface area contributed by atoms with E-state index in [1.54, 1.807) is 0 Å². The largest absolute Gasteiger partial charge is 0.313 e. The van der Waals surface area contributed by atoms with Crippen LogP contribution in [0.4, 0.5) is 4.39 Å². The molecule has 0 aromatic heterocycles. The first-order valence-electron chi connectivity index (χ1n) is 8.43. The van der Waals surface area contributed by atoms with Crippen molar-refractivity contribution in [2.75, 3.05) is 26.2 Å². The first kappa shape index (κ1) is 18.1. The number of benzene rings is 1. The van der Waals surface area contributed by atoms with E-state index in [1.165, 1.54) is 63.9 Å². The third kappa shape index (κ3) is 8.84. The van der Waals surface area contributed by atoms with Crippen molar-refractivity contribution in [1.82, 2.24) is 10.2 Å². The maximum atomic E-state index is 12.8. The van der Waals surface area contributed by atoms with Crippen molar-refractivity contribution in [1.29, 1.82) is 0 Å². The van der Waals surface area contributed by atoms with Crippen LogP contribution in [0.25, 0.3) is 0 Å². The predicted octanol–water partition coefficient (Wildman–Crippen LogP) is 4.21. The van der Waals surface area contributed by atoms with E-state index in [-0.39, 0.29) is 5.82 Å². The van der Waals surface area contributed by atoms with Crippen molar-refractivity contribution in [3.8, 4) is 0 Å². The van der Waals surface area contributed by atoms with Crippen LogP contribution in [-0.2, 0) is 6.54 Å². The van der Waals surface area contributed by atoms with E-state index >= 15 is 0 Å².